The normalized spacial score (nSPS) is 15.1. The Morgan fingerprint density at radius 1 is 1.25 bits per heavy atom. The van der Waals surface area contributed by atoms with Crippen molar-refractivity contribution in [1.29, 1.82) is 0 Å². The Balaban J connectivity index is 1.90. The minimum Gasteiger partial charge on any atom is -0.497 e. The van der Waals surface area contributed by atoms with Gasteiger partial charge in [0, 0.05) is 31.9 Å². The monoisotopic (exact) mass is 293 g/mol. The lowest BCUT2D eigenvalue weighted by Gasteiger charge is -2.36. The summed E-state index contributed by atoms with van der Waals surface area (Å²) < 4.78 is 5.15. The summed E-state index contributed by atoms with van der Waals surface area (Å²) in [6.45, 7) is 3.03. The summed E-state index contributed by atoms with van der Waals surface area (Å²) >= 11 is 4.77. The SMILES string of the molecule is COc1ccc(N2CCN(C(=O)CC(N)=S)CC2)cc1. The highest BCUT2D eigenvalue weighted by Gasteiger charge is 2.21. The van der Waals surface area contributed by atoms with Crippen molar-refractivity contribution in [2.45, 2.75) is 6.42 Å². The van der Waals surface area contributed by atoms with E-state index in [0.29, 0.717) is 13.1 Å². The predicted molar refractivity (Wildman–Crippen MR) is 83.2 cm³/mol. The van der Waals surface area contributed by atoms with Crippen LogP contribution in [0.3, 0.4) is 0 Å². The zero-order chi connectivity index (χ0) is 14.5. The van der Waals surface area contributed by atoms with Gasteiger partial charge in [-0.25, -0.2) is 0 Å². The fraction of sp³-hybridized carbons (Fsp3) is 0.429. The lowest BCUT2D eigenvalue weighted by Crippen LogP contribution is -2.49. The first-order valence-corrected chi connectivity index (χ1v) is 6.96. The van der Waals surface area contributed by atoms with Crippen LogP contribution in [-0.4, -0.2) is 49.1 Å². The molecule has 1 heterocycles. The number of benzene rings is 1. The van der Waals surface area contributed by atoms with Crippen molar-refractivity contribution in [3.05, 3.63) is 24.3 Å². The molecule has 1 aromatic rings. The van der Waals surface area contributed by atoms with Crippen LogP contribution in [0.25, 0.3) is 0 Å². The summed E-state index contributed by atoms with van der Waals surface area (Å²) in [5.74, 6) is 0.867. The molecule has 1 saturated heterocycles. The number of hydrogen-bond acceptors (Lipinski definition) is 4. The van der Waals surface area contributed by atoms with Crippen molar-refractivity contribution in [1.82, 2.24) is 4.90 Å². The average Bonchev–Trinajstić information content (AvgIpc) is 2.47. The molecule has 6 heteroatoms. The Hall–Kier alpha value is -1.82. The van der Waals surface area contributed by atoms with Crippen LogP contribution in [-0.2, 0) is 4.79 Å². The van der Waals surface area contributed by atoms with Crippen LogP contribution in [0.15, 0.2) is 24.3 Å². The van der Waals surface area contributed by atoms with Crippen molar-refractivity contribution in [3.8, 4) is 5.75 Å². The highest BCUT2D eigenvalue weighted by atomic mass is 32.1. The molecular formula is C14H19N3O2S. The Bertz CT molecular complexity index is 482. The van der Waals surface area contributed by atoms with E-state index < -0.39 is 0 Å². The number of carbonyl (C=O) groups excluding carboxylic acids is 1. The van der Waals surface area contributed by atoms with E-state index in [2.05, 4.69) is 4.90 Å². The summed E-state index contributed by atoms with van der Waals surface area (Å²) in [6.07, 6.45) is 0.165. The van der Waals surface area contributed by atoms with Crippen molar-refractivity contribution >= 4 is 28.8 Å². The first-order valence-electron chi connectivity index (χ1n) is 6.55. The smallest absolute Gasteiger partial charge is 0.229 e. The van der Waals surface area contributed by atoms with Crippen LogP contribution in [0.1, 0.15) is 6.42 Å². The number of hydrogen-bond donors (Lipinski definition) is 1. The highest BCUT2D eigenvalue weighted by molar-refractivity contribution is 7.80. The lowest BCUT2D eigenvalue weighted by molar-refractivity contribution is -0.130. The van der Waals surface area contributed by atoms with E-state index in [9.17, 15) is 4.79 Å². The summed E-state index contributed by atoms with van der Waals surface area (Å²) in [5, 5.41) is 0. The summed E-state index contributed by atoms with van der Waals surface area (Å²) in [5.41, 5.74) is 6.55. The Morgan fingerprint density at radius 2 is 1.85 bits per heavy atom. The molecule has 0 spiro atoms. The van der Waals surface area contributed by atoms with E-state index in [0.717, 1.165) is 24.5 Å². The van der Waals surface area contributed by atoms with E-state index in [1.54, 1.807) is 7.11 Å². The molecule has 1 aliphatic heterocycles. The van der Waals surface area contributed by atoms with Gasteiger partial charge in [0.2, 0.25) is 5.91 Å². The molecule has 0 unspecified atom stereocenters. The molecule has 1 aromatic carbocycles. The molecule has 5 nitrogen and oxygen atoms in total. The van der Waals surface area contributed by atoms with Gasteiger partial charge in [-0.3, -0.25) is 4.79 Å². The van der Waals surface area contributed by atoms with Crippen LogP contribution >= 0.6 is 12.2 Å². The number of methoxy groups -OCH3 is 1. The van der Waals surface area contributed by atoms with Crippen molar-refractivity contribution in [2.75, 3.05) is 38.2 Å². The van der Waals surface area contributed by atoms with E-state index in [4.69, 9.17) is 22.7 Å². The zero-order valence-corrected chi connectivity index (χ0v) is 12.4. The van der Waals surface area contributed by atoms with Crippen LogP contribution < -0.4 is 15.4 Å². The zero-order valence-electron chi connectivity index (χ0n) is 11.5. The molecular weight excluding hydrogens is 274 g/mol. The molecule has 1 amide bonds. The Morgan fingerprint density at radius 3 is 2.35 bits per heavy atom. The molecule has 2 rings (SSSR count). The summed E-state index contributed by atoms with van der Waals surface area (Å²) in [7, 11) is 1.65. The third-order valence-electron chi connectivity index (χ3n) is 3.40. The second-order valence-corrected chi connectivity index (χ2v) is 5.23. The van der Waals surface area contributed by atoms with E-state index in [1.807, 2.05) is 29.2 Å². The third-order valence-corrected chi connectivity index (χ3v) is 3.54. The van der Waals surface area contributed by atoms with Crippen molar-refractivity contribution in [3.63, 3.8) is 0 Å². The number of piperazine rings is 1. The van der Waals surface area contributed by atoms with Crippen LogP contribution in [0.2, 0.25) is 0 Å². The number of thiocarbonyl (C=S) groups is 1. The van der Waals surface area contributed by atoms with Gasteiger partial charge in [0.05, 0.1) is 18.5 Å². The van der Waals surface area contributed by atoms with Crippen molar-refractivity contribution in [2.24, 2.45) is 5.73 Å². The van der Waals surface area contributed by atoms with Gasteiger partial charge in [-0.2, -0.15) is 0 Å². The minimum atomic E-state index is 0.0203. The second-order valence-electron chi connectivity index (χ2n) is 4.71. The largest absolute Gasteiger partial charge is 0.497 e. The van der Waals surface area contributed by atoms with Gasteiger partial charge in [-0.15, -0.1) is 0 Å². The molecule has 2 N–H and O–H groups in total. The van der Waals surface area contributed by atoms with Crippen LogP contribution in [0.4, 0.5) is 5.69 Å². The fourth-order valence-electron chi connectivity index (χ4n) is 2.27. The second kappa shape index (κ2) is 6.56. The molecule has 20 heavy (non-hydrogen) atoms. The highest BCUT2D eigenvalue weighted by Crippen LogP contribution is 2.20. The molecule has 0 aliphatic carbocycles. The Kier molecular flexibility index (Phi) is 4.79. The van der Waals surface area contributed by atoms with E-state index in [1.165, 1.54) is 0 Å². The topological polar surface area (TPSA) is 58.8 Å². The van der Waals surface area contributed by atoms with E-state index in [-0.39, 0.29) is 17.3 Å². The Labute approximate surface area is 124 Å². The number of nitrogens with two attached hydrogens (primary N) is 1. The average molecular weight is 293 g/mol. The van der Waals surface area contributed by atoms with Gasteiger partial charge >= 0.3 is 0 Å². The van der Waals surface area contributed by atoms with Crippen LogP contribution in [0, 0.1) is 0 Å². The number of ether oxygens (including phenoxy) is 1. The van der Waals surface area contributed by atoms with Gasteiger partial charge in [-0.1, -0.05) is 12.2 Å². The third kappa shape index (κ3) is 3.60. The maximum Gasteiger partial charge on any atom is 0.229 e. The maximum absolute atomic E-state index is 11.9. The summed E-state index contributed by atoms with van der Waals surface area (Å²) in [4.78, 5) is 16.2. The maximum atomic E-state index is 11.9. The molecule has 0 aromatic heterocycles. The molecule has 0 atom stereocenters. The predicted octanol–water partition coefficient (Wildman–Crippen LogP) is 1.02. The molecule has 0 radical (unpaired) electrons. The number of anilines is 1. The van der Waals surface area contributed by atoms with Gasteiger partial charge in [0.15, 0.2) is 0 Å². The van der Waals surface area contributed by atoms with Gasteiger partial charge in [-0.05, 0) is 24.3 Å². The first kappa shape index (κ1) is 14.6. The summed E-state index contributed by atoms with van der Waals surface area (Å²) in [6, 6.07) is 7.95. The molecule has 1 fully saturated rings. The first-order chi connectivity index (χ1) is 9.60. The quantitative estimate of drug-likeness (QED) is 0.840. The molecule has 1 aliphatic rings. The lowest BCUT2D eigenvalue weighted by atomic mass is 10.2. The number of rotatable bonds is 4. The number of nitrogens with zero attached hydrogens (tertiary/aromatic N) is 2. The van der Waals surface area contributed by atoms with Gasteiger partial charge < -0.3 is 20.3 Å². The molecule has 0 bridgehead atoms. The molecule has 0 saturated carbocycles. The number of carbonyl (C=O) groups is 1. The van der Waals surface area contributed by atoms with Gasteiger partial charge in [0.1, 0.15) is 5.75 Å². The van der Waals surface area contributed by atoms with E-state index >= 15 is 0 Å². The van der Waals surface area contributed by atoms with Gasteiger partial charge in [0.25, 0.3) is 0 Å². The van der Waals surface area contributed by atoms with Crippen molar-refractivity contribution < 1.29 is 9.53 Å². The fourth-order valence-corrected chi connectivity index (χ4v) is 2.39. The minimum absolute atomic E-state index is 0.0203. The number of amides is 1. The molecule has 108 valence electrons. The standard InChI is InChI=1S/C14H19N3O2S/c1-19-12-4-2-11(3-5-12)16-6-8-17(9-7-16)14(18)10-13(15)20/h2-5H,6-10H2,1H3,(H2,15,20). The van der Waals surface area contributed by atoms with Crippen LogP contribution in [0.5, 0.6) is 5.75 Å².